The first kappa shape index (κ1) is 24.1. The minimum Gasteiger partial charge on any atom is -0.390 e. The first-order chi connectivity index (χ1) is 15.4. The van der Waals surface area contributed by atoms with Gasteiger partial charge in [0.2, 0.25) is 5.91 Å². The molecule has 0 saturated heterocycles. The van der Waals surface area contributed by atoms with E-state index in [0.717, 1.165) is 37.8 Å². The third-order valence-corrected chi connectivity index (χ3v) is 8.55. The smallest absolute Gasteiger partial charge is 0.251 e. The van der Waals surface area contributed by atoms with Crippen LogP contribution in [-0.2, 0) is 4.79 Å². The second-order valence-corrected chi connectivity index (χ2v) is 12.0. The van der Waals surface area contributed by atoms with Gasteiger partial charge in [0.05, 0.1) is 5.60 Å². The number of carbonyl (C=O) groups excluding carboxylic acids is 2. The Kier molecular flexibility index (Phi) is 6.27. The van der Waals surface area contributed by atoms with E-state index in [-0.39, 0.29) is 34.6 Å². The number of anilines is 1. The van der Waals surface area contributed by atoms with Crippen molar-refractivity contribution in [1.82, 2.24) is 10.6 Å². The van der Waals surface area contributed by atoms with E-state index < -0.39 is 5.60 Å². The number of benzene rings is 1. The lowest BCUT2D eigenvalue weighted by atomic mass is 9.57. The Morgan fingerprint density at radius 3 is 2.30 bits per heavy atom. The molecule has 6 nitrogen and oxygen atoms in total. The molecule has 3 aliphatic carbocycles. The van der Waals surface area contributed by atoms with Crippen molar-refractivity contribution in [2.45, 2.75) is 89.8 Å². The average molecular weight is 456 g/mol. The average Bonchev–Trinajstić information content (AvgIpc) is 3.52. The van der Waals surface area contributed by atoms with Gasteiger partial charge >= 0.3 is 0 Å². The fourth-order valence-corrected chi connectivity index (χ4v) is 6.46. The van der Waals surface area contributed by atoms with Crippen LogP contribution in [0.15, 0.2) is 24.3 Å². The number of fused-ring (bicyclic) bond motifs is 1. The fraction of sp³-hybridized carbons (Fsp3) is 0.704. The summed E-state index contributed by atoms with van der Waals surface area (Å²) in [7, 11) is 3.97. The van der Waals surface area contributed by atoms with Crippen LogP contribution in [0.25, 0.3) is 0 Å². The summed E-state index contributed by atoms with van der Waals surface area (Å²) in [6.45, 7) is 6.46. The third-order valence-electron chi connectivity index (χ3n) is 8.55. The molecular weight excluding hydrogens is 414 g/mol. The van der Waals surface area contributed by atoms with Gasteiger partial charge in [0.25, 0.3) is 5.91 Å². The molecule has 4 unspecified atom stereocenters. The van der Waals surface area contributed by atoms with E-state index in [4.69, 9.17) is 0 Å². The highest BCUT2D eigenvalue weighted by Crippen LogP contribution is 2.63. The molecule has 0 aliphatic heterocycles. The lowest BCUT2D eigenvalue weighted by Gasteiger charge is -2.50. The van der Waals surface area contributed by atoms with Crippen LogP contribution in [0, 0.1) is 16.7 Å². The van der Waals surface area contributed by atoms with E-state index in [9.17, 15) is 14.7 Å². The zero-order valence-corrected chi connectivity index (χ0v) is 20.9. The molecular formula is C27H41N3O3. The predicted octanol–water partition coefficient (Wildman–Crippen LogP) is 3.88. The highest BCUT2D eigenvalue weighted by molar-refractivity contribution is 5.94. The van der Waals surface area contributed by atoms with Crippen molar-refractivity contribution in [3.63, 3.8) is 0 Å². The van der Waals surface area contributed by atoms with Crippen molar-refractivity contribution in [2.24, 2.45) is 16.7 Å². The molecule has 2 amide bonds. The maximum atomic E-state index is 13.3. The Morgan fingerprint density at radius 1 is 1.03 bits per heavy atom. The SMILES string of the molecule is CN(C)c1ccc(C(=O)NC2CC(C)(C)C3CC(C)(O)CCC23CCC(=O)NC2CC2)cc1. The van der Waals surface area contributed by atoms with Crippen LogP contribution < -0.4 is 15.5 Å². The second-order valence-electron chi connectivity index (χ2n) is 12.0. The van der Waals surface area contributed by atoms with Gasteiger partial charge in [-0.15, -0.1) is 0 Å². The number of hydrogen-bond donors (Lipinski definition) is 3. The maximum absolute atomic E-state index is 13.3. The van der Waals surface area contributed by atoms with Crippen LogP contribution in [0.2, 0.25) is 0 Å². The Balaban J connectivity index is 1.56. The third kappa shape index (κ3) is 5.06. The van der Waals surface area contributed by atoms with Gasteiger partial charge < -0.3 is 20.6 Å². The minimum absolute atomic E-state index is 0.0108. The van der Waals surface area contributed by atoms with Gasteiger partial charge in [0.1, 0.15) is 0 Å². The number of nitrogens with zero attached hydrogens (tertiary/aromatic N) is 1. The molecule has 0 bridgehead atoms. The van der Waals surface area contributed by atoms with Crippen molar-refractivity contribution >= 4 is 17.5 Å². The van der Waals surface area contributed by atoms with Crippen LogP contribution in [0.5, 0.6) is 0 Å². The summed E-state index contributed by atoms with van der Waals surface area (Å²) in [5.41, 5.74) is 0.825. The zero-order chi connectivity index (χ0) is 24.0. The molecule has 0 aromatic heterocycles. The van der Waals surface area contributed by atoms with E-state index in [2.05, 4.69) is 24.5 Å². The molecule has 1 aromatic carbocycles. The summed E-state index contributed by atoms with van der Waals surface area (Å²) in [6.07, 6.45) is 6.51. The van der Waals surface area contributed by atoms with E-state index in [1.807, 2.05) is 50.2 Å². The highest BCUT2D eigenvalue weighted by Gasteiger charge is 2.61. The van der Waals surface area contributed by atoms with Crippen molar-refractivity contribution < 1.29 is 14.7 Å². The number of rotatable bonds is 7. The summed E-state index contributed by atoms with van der Waals surface area (Å²) in [6, 6.07) is 8.03. The second kappa shape index (κ2) is 8.61. The normalized spacial score (nSPS) is 32.7. The Labute approximate surface area is 198 Å². The standard InChI is InChI=1S/C27H41N3O3/c1-25(2)17-22(29-24(32)18-6-10-20(11-7-18)30(4)5)27(13-12-23(31)28-19-8-9-19)15-14-26(3,33)16-21(25)27/h6-7,10-11,19,21-22,33H,8-9,12-17H2,1-5H3,(H,28,31)(H,29,32). The van der Waals surface area contributed by atoms with E-state index in [1.165, 1.54) is 0 Å². The molecule has 4 atom stereocenters. The highest BCUT2D eigenvalue weighted by atomic mass is 16.3. The summed E-state index contributed by atoms with van der Waals surface area (Å²) < 4.78 is 0. The molecule has 3 fully saturated rings. The summed E-state index contributed by atoms with van der Waals surface area (Å²) in [5.74, 6) is 0.321. The molecule has 0 heterocycles. The van der Waals surface area contributed by atoms with Crippen LogP contribution >= 0.6 is 0 Å². The number of hydrogen-bond acceptors (Lipinski definition) is 4. The maximum Gasteiger partial charge on any atom is 0.251 e. The van der Waals surface area contributed by atoms with E-state index in [1.54, 1.807) is 0 Å². The molecule has 33 heavy (non-hydrogen) atoms. The Morgan fingerprint density at radius 2 is 1.70 bits per heavy atom. The quantitative estimate of drug-likeness (QED) is 0.583. The molecule has 4 rings (SSSR count). The monoisotopic (exact) mass is 455 g/mol. The van der Waals surface area contributed by atoms with Gasteiger partial charge in [-0.25, -0.2) is 0 Å². The summed E-state index contributed by atoms with van der Waals surface area (Å²) in [5, 5.41) is 17.4. The van der Waals surface area contributed by atoms with Gasteiger partial charge in [0, 0.05) is 43.9 Å². The molecule has 0 spiro atoms. The lowest BCUT2D eigenvalue weighted by molar-refractivity contribution is -0.123. The van der Waals surface area contributed by atoms with Crippen LogP contribution in [0.3, 0.4) is 0 Å². The van der Waals surface area contributed by atoms with Crippen molar-refractivity contribution in [2.75, 3.05) is 19.0 Å². The van der Waals surface area contributed by atoms with Gasteiger partial charge in [0.15, 0.2) is 0 Å². The number of amides is 2. The first-order valence-corrected chi connectivity index (χ1v) is 12.5. The van der Waals surface area contributed by atoms with Crippen molar-refractivity contribution in [3.05, 3.63) is 29.8 Å². The number of carbonyl (C=O) groups is 2. The molecule has 6 heteroatoms. The molecule has 3 N–H and O–H groups in total. The molecule has 0 radical (unpaired) electrons. The lowest BCUT2D eigenvalue weighted by Crippen LogP contribution is -2.52. The van der Waals surface area contributed by atoms with Crippen molar-refractivity contribution in [3.8, 4) is 0 Å². The van der Waals surface area contributed by atoms with Gasteiger partial charge in [-0.3, -0.25) is 9.59 Å². The molecule has 3 saturated carbocycles. The summed E-state index contributed by atoms with van der Waals surface area (Å²) in [4.78, 5) is 27.9. The van der Waals surface area contributed by atoms with Crippen LogP contribution in [0.1, 0.15) is 82.5 Å². The first-order valence-electron chi connectivity index (χ1n) is 12.5. The largest absolute Gasteiger partial charge is 0.390 e. The predicted molar refractivity (Wildman–Crippen MR) is 131 cm³/mol. The molecule has 3 aliphatic rings. The number of nitrogens with one attached hydrogen (secondary N) is 2. The van der Waals surface area contributed by atoms with E-state index >= 15 is 0 Å². The van der Waals surface area contributed by atoms with Crippen LogP contribution in [-0.4, -0.2) is 48.7 Å². The van der Waals surface area contributed by atoms with Gasteiger partial charge in [-0.2, -0.15) is 0 Å². The van der Waals surface area contributed by atoms with Crippen LogP contribution in [0.4, 0.5) is 5.69 Å². The molecule has 182 valence electrons. The zero-order valence-electron chi connectivity index (χ0n) is 20.9. The Bertz CT molecular complexity index is 888. The van der Waals surface area contributed by atoms with Crippen molar-refractivity contribution in [1.29, 1.82) is 0 Å². The molecule has 1 aromatic rings. The van der Waals surface area contributed by atoms with E-state index in [0.29, 0.717) is 30.9 Å². The summed E-state index contributed by atoms with van der Waals surface area (Å²) >= 11 is 0. The van der Waals surface area contributed by atoms with Gasteiger partial charge in [-0.05, 0) is 92.9 Å². The number of aliphatic hydroxyl groups is 1. The van der Waals surface area contributed by atoms with Gasteiger partial charge in [-0.1, -0.05) is 13.8 Å². The Hall–Kier alpha value is -2.08. The topological polar surface area (TPSA) is 81.7 Å². The fourth-order valence-electron chi connectivity index (χ4n) is 6.46. The minimum atomic E-state index is -0.692.